The molecule has 2 rings (SSSR count). The van der Waals surface area contributed by atoms with E-state index in [1.807, 2.05) is 18.2 Å². The van der Waals surface area contributed by atoms with Gasteiger partial charge in [0, 0.05) is 11.3 Å². The molecule has 0 aliphatic rings. The van der Waals surface area contributed by atoms with Crippen LogP contribution in [0.4, 0.5) is 5.69 Å². The lowest BCUT2D eigenvalue weighted by atomic mass is 9.87. The van der Waals surface area contributed by atoms with Crippen LogP contribution in [-0.4, -0.2) is 30.4 Å². The summed E-state index contributed by atoms with van der Waals surface area (Å²) in [5.41, 5.74) is 2.18. The zero-order valence-electron chi connectivity index (χ0n) is 16.6. The molecule has 6 heteroatoms. The summed E-state index contributed by atoms with van der Waals surface area (Å²) >= 11 is 0. The van der Waals surface area contributed by atoms with Crippen molar-refractivity contribution in [1.29, 1.82) is 0 Å². The van der Waals surface area contributed by atoms with Crippen molar-refractivity contribution < 1.29 is 19.1 Å². The molecule has 148 valence electrons. The van der Waals surface area contributed by atoms with Gasteiger partial charge in [0.25, 0.3) is 11.8 Å². The van der Waals surface area contributed by atoms with E-state index >= 15 is 0 Å². The van der Waals surface area contributed by atoms with Crippen molar-refractivity contribution in [3.05, 3.63) is 65.7 Å². The van der Waals surface area contributed by atoms with Crippen molar-refractivity contribution >= 4 is 23.5 Å². The summed E-state index contributed by atoms with van der Waals surface area (Å²) in [4.78, 5) is 36.1. The smallest absolute Gasteiger partial charge is 0.326 e. The van der Waals surface area contributed by atoms with Gasteiger partial charge in [-0.25, -0.2) is 0 Å². The second-order valence-corrected chi connectivity index (χ2v) is 7.50. The van der Waals surface area contributed by atoms with Gasteiger partial charge in [0.05, 0.1) is 0 Å². The first-order chi connectivity index (χ1) is 13.2. The van der Waals surface area contributed by atoms with Crippen LogP contribution in [-0.2, 0) is 19.7 Å². The molecule has 1 atom stereocenters. The zero-order valence-corrected chi connectivity index (χ0v) is 16.6. The molecule has 0 saturated heterocycles. The van der Waals surface area contributed by atoms with Crippen molar-refractivity contribution in [3.63, 3.8) is 0 Å². The maximum absolute atomic E-state index is 12.2. The SMILES string of the molecule is C[C@@H](OC(=O)CNC(=O)c1ccc(C(C)(C)C)cc1)C(=O)Nc1ccccc1. The Morgan fingerprint density at radius 2 is 1.57 bits per heavy atom. The van der Waals surface area contributed by atoms with Crippen LogP contribution in [0.25, 0.3) is 0 Å². The monoisotopic (exact) mass is 382 g/mol. The van der Waals surface area contributed by atoms with Crippen molar-refractivity contribution in [2.75, 3.05) is 11.9 Å². The molecule has 2 aromatic carbocycles. The van der Waals surface area contributed by atoms with Gasteiger partial charge in [-0.2, -0.15) is 0 Å². The van der Waals surface area contributed by atoms with Crippen LogP contribution >= 0.6 is 0 Å². The summed E-state index contributed by atoms with van der Waals surface area (Å²) < 4.78 is 5.07. The minimum Gasteiger partial charge on any atom is -0.451 e. The molecule has 0 radical (unpaired) electrons. The summed E-state index contributed by atoms with van der Waals surface area (Å²) in [6.07, 6.45) is -0.976. The molecular weight excluding hydrogens is 356 g/mol. The van der Waals surface area contributed by atoms with Crippen molar-refractivity contribution in [1.82, 2.24) is 5.32 Å². The van der Waals surface area contributed by atoms with Crippen LogP contribution in [0.5, 0.6) is 0 Å². The number of nitrogens with one attached hydrogen (secondary N) is 2. The minimum atomic E-state index is -0.976. The topological polar surface area (TPSA) is 84.5 Å². The molecule has 28 heavy (non-hydrogen) atoms. The number of hydrogen-bond acceptors (Lipinski definition) is 4. The number of carbonyl (C=O) groups is 3. The summed E-state index contributed by atoms with van der Waals surface area (Å²) in [6.45, 7) is 7.43. The zero-order chi connectivity index (χ0) is 20.7. The van der Waals surface area contributed by atoms with Gasteiger partial charge in [0.2, 0.25) is 0 Å². The standard InChI is InChI=1S/C22H26N2O4/c1-15(20(26)24-18-8-6-5-7-9-18)28-19(25)14-23-21(27)16-10-12-17(13-11-16)22(2,3)4/h5-13,15H,14H2,1-4H3,(H,23,27)(H,24,26)/t15-/m1/s1. The lowest BCUT2D eigenvalue weighted by Crippen LogP contribution is -2.35. The van der Waals surface area contributed by atoms with E-state index in [4.69, 9.17) is 4.74 Å². The van der Waals surface area contributed by atoms with Gasteiger partial charge in [0.1, 0.15) is 6.54 Å². The van der Waals surface area contributed by atoms with E-state index in [1.54, 1.807) is 36.4 Å². The van der Waals surface area contributed by atoms with E-state index in [2.05, 4.69) is 31.4 Å². The van der Waals surface area contributed by atoms with Crippen LogP contribution < -0.4 is 10.6 Å². The van der Waals surface area contributed by atoms with Crippen LogP contribution in [0.15, 0.2) is 54.6 Å². The lowest BCUT2D eigenvalue weighted by molar-refractivity contribution is -0.152. The Bertz CT molecular complexity index is 824. The molecule has 0 heterocycles. The van der Waals surface area contributed by atoms with Gasteiger partial charge < -0.3 is 15.4 Å². The Balaban J connectivity index is 1.81. The summed E-state index contributed by atoms with van der Waals surface area (Å²) in [6, 6.07) is 16.1. The first-order valence-corrected chi connectivity index (χ1v) is 9.11. The summed E-state index contributed by atoms with van der Waals surface area (Å²) in [5, 5.41) is 5.16. The highest BCUT2D eigenvalue weighted by atomic mass is 16.5. The molecular formula is C22H26N2O4. The van der Waals surface area contributed by atoms with Crippen molar-refractivity contribution in [3.8, 4) is 0 Å². The molecule has 0 fully saturated rings. The second kappa shape index (κ2) is 9.17. The Labute approximate surface area is 165 Å². The molecule has 0 saturated carbocycles. The third-order valence-corrected chi connectivity index (χ3v) is 4.13. The number of esters is 1. The number of carbonyl (C=O) groups excluding carboxylic acids is 3. The van der Waals surface area contributed by atoms with Gasteiger partial charge in [-0.15, -0.1) is 0 Å². The number of benzene rings is 2. The first kappa shape index (κ1) is 21.2. The van der Waals surface area contributed by atoms with E-state index in [9.17, 15) is 14.4 Å². The molecule has 0 bridgehead atoms. The fourth-order valence-corrected chi connectivity index (χ4v) is 2.43. The molecule has 0 aromatic heterocycles. The average Bonchev–Trinajstić information content (AvgIpc) is 2.66. The number of rotatable bonds is 6. The molecule has 2 amide bonds. The number of para-hydroxylation sites is 1. The minimum absolute atomic E-state index is 0.00469. The number of anilines is 1. The van der Waals surface area contributed by atoms with Crippen LogP contribution in [0.2, 0.25) is 0 Å². The predicted molar refractivity (Wildman–Crippen MR) is 108 cm³/mol. The number of ether oxygens (including phenoxy) is 1. The number of hydrogen-bond donors (Lipinski definition) is 2. The molecule has 0 spiro atoms. The first-order valence-electron chi connectivity index (χ1n) is 9.11. The molecule has 2 N–H and O–H groups in total. The third-order valence-electron chi connectivity index (χ3n) is 4.13. The third kappa shape index (κ3) is 6.23. The molecule has 0 aliphatic carbocycles. The second-order valence-electron chi connectivity index (χ2n) is 7.50. The van der Waals surface area contributed by atoms with E-state index < -0.39 is 18.0 Å². The lowest BCUT2D eigenvalue weighted by Gasteiger charge is -2.19. The van der Waals surface area contributed by atoms with Gasteiger partial charge in [-0.05, 0) is 42.2 Å². The van der Waals surface area contributed by atoms with E-state index in [0.717, 1.165) is 5.56 Å². The molecule has 0 aliphatic heterocycles. The summed E-state index contributed by atoms with van der Waals surface area (Å²) in [7, 11) is 0. The normalized spacial score (nSPS) is 12.0. The molecule has 6 nitrogen and oxygen atoms in total. The highest BCUT2D eigenvalue weighted by molar-refractivity contribution is 5.97. The van der Waals surface area contributed by atoms with Gasteiger partial charge in [0.15, 0.2) is 6.10 Å². The Morgan fingerprint density at radius 3 is 2.14 bits per heavy atom. The Kier molecular flexibility index (Phi) is 6.93. The predicted octanol–water partition coefficient (Wildman–Crippen LogP) is 3.28. The molecule has 2 aromatic rings. The quantitative estimate of drug-likeness (QED) is 0.751. The fraction of sp³-hybridized carbons (Fsp3) is 0.318. The van der Waals surface area contributed by atoms with Gasteiger partial charge >= 0.3 is 5.97 Å². The van der Waals surface area contributed by atoms with E-state index in [0.29, 0.717) is 11.3 Å². The van der Waals surface area contributed by atoms with Crippen LogP contribution in [0.1, 0.15) is 43.6 Å². The fourth-order valence-electron chi connectivity index (χ4n) is 2.43. The van der Waals surface area contributed by atoms with Gasteiger partial charge in [-0.1, -0.05) is 51.1 Å². The number of amides is 2. The van der Waals surface area contributed by atoms with Crippen molar-refractivity contribution in [2.45, 2.75) is 39.2 Å². The van der Waals surface area contributed by atoms with E-state index in [-0.39, 0.29) is 17.9 Å². The Hall–Kier alpha value is -3.15. The van der Waals surface area contributed by atoms with Crippen molar-refractivity contribution in [2.24, 2.45) is 0 Å². The van der Waals surface area contributed by atoms with Crippen LogP contribution in [0, 0.1) is 0 Å². The Morgan fingerprint density at radius 1 is 0.964 bits per heavy atom. The largest absolute Gasteiger partial charge is 0.451 e. The van der Waals surface area contributed by atoms with Gasteiger partial charge in [-0.3, -0.25) is 14.4 Å². The van der Waals surface area contributed by atoms with E-state index in [1.165, 1.54) is 6.92 Å². The maximum atomic E-state index is 12.2. The summed E-state index contributed by atoms with van der Waals surface area (Å²) in [5.74, 6) is -1.50. The maximum Gasteiger partial charge on any atom is 0.326 e. The average molecular weight is 382 g/mol. The molecule has 0 unspecified atom stereocenters. The highest BCUT2D eigenvalue weighted by Crippen LogP contribution is 2.22. The van der Waals surface area contributed by atoms with Crippen LogP contribution in [0.3, 0.4) is 0 Å². The highest BCUT2D eigenvalue weighted by Gasteiger charge is 2.19.